The number of nitrogens with zero attached hydrogens (tertiary/aromatic N) is 3. The molecule has 5 nitrogen and oxygen atoms in total. The van der Waals surface area contributed by atoms with Gasteiger partial charge in [0.1, 0.15) is 0 Å². The summed E-state index contributed by atoms with van der Waals surface area (Å²) in [5.41, 5.74) is 0. The van der Waals surface area contributed by atoms with E-state index < -0.39 is 0 Å². The van der Waals surface area contributed by atoms with Crippen LogP contribution in [0.15, 0.2) is 0 Å². The van der Waals surface area contributed by atoms with E-state index >= 15 is 0 Å². The van der Waals surface area contributed by atoms with E-state index in [0.717, 1.165) is 39.0 Å². The molecule has 1 atom stereocenters. The first kappa shape index (κ1) is 18.7. The van der Waals surface area contributed by atoms with Crippen LogP contribution in [0.25, 0.3) is 0 Å². The summed E-state index contributed by atoms with van der Waals surface area (Å²) in [6.45, 7) is 15.0. The molecule has 2 heterocycles. The normalized spacial score (nSPS) is 24.7. The van der Waals surface area contributed by atoms with Gasteiger partial charge >= 0.3 is 5.97 Å². The van der Waals surface area contributed by atoms with Crippen molar-refractivity contribution >= 4 is 5.97 Å². The third-order valence-corrected chi connectivity index (χ3v) is 5.15. The zero-order valence-corrected chi connectivity index (χ0v) is 15.1. The Morgan fingerprint density at radius 2 is 1.61 bits per heavy atom. The third-order valence-electron chi connectivity index (χ3n) is 5.15. The smallest absolute Gasteiger partial charge is 0.310 e. The number of rotatable bonds is 8. The molecule has 0 N–H and O–H groups in total. The van der Waals surface area contributed by atoms with Crippen molar-refractivity contribution in [2.45, 2.75) is 39.5 Å². The number of piperazine rings is 1. The first-order valence-corrected chi connectivity index (χ1v) is 9.56. The van der Waals surface area contributed by atoms with Gasteiger partial charge in [0.2, 0.25) is 0 Å². The average Bonchev–Trinajstić information content (AvgIpc) is 2.59. The Kier molecular flexibility index (Phi) is 8.34. The molecule has 0 spiro atoms. The number of unbranched alkanes of at least 4 members (excludes halogenated alkanes) is 1. The molecular weight excluding hydrogens is 290 g/mol. The van der Waals surface area contributed by atoms with E-state index in [1.165, 1.54) is 45.6 Å². The van der Waals surface area contributed by atoms with Crippen LogP contribution in [0.2, 0.25) is 0 Å². The number of likely N-dealkylation sites (tertiary alicyclic amines) is 1. The lowest BCUT2D eigenvalue weighted by Gasteiger charge is -2.37. The SMILES string of the molecule is CCCCN1CCN(CCN2CCCC(C(=O)OCC)C2)CC1. The van der Waals surface area contributed by atoms with Crippen molar-refractivity contribution in [3.8, 4) is 0 Å². The number of hydrogen-bond donors (Lipinski definition) is 0. The first-order chi connectivity index (χ1) is 11.2. The Bertz CT molecular complexity index is 343. The number of carbonyl (C=O) groups is 1. The molecule has 2 rings (SSSR count). The van der Waals surface area contributed by atoms with Crippen molar-refractivity contribution in [3.63, 3.8) is 0 Å². The summed E-state index contributed by atoms with van der Waals surface area (Å²) in [7, 11) is 0. The maximum absolute atomic E-state index is 11.9. The van der Waals surface area contributed by atoms with E-state index in [1.807, 2.05) is 6.92 Å². The standard InChI is InChI=1S/C18H35N3O2/c1-3-5-8-19-10-12-20(13-11-19)14-15-21-9-6-7-17(16-21)18(22)23-4-2/h17H,3-16H2,1-2H3. The van der Waals surface area contributed by atoms with E-state index in [9.17, 15) is 4.79 Å². The van der Waals surface area contributed by atoms with Crippen LogP contribution in [0.3, 0.4) is 0 Å². The Morgan fingerprint density at radius 3 is 2.26 bits per heavy atom. The zero-order chi connectivity index (χ0) is 16.5. The fourth-order valence-corrected chi connectivity index (χ4v) is 3.61. The summed E-state index contributed by atoms with van der Waals surface area (Å²) >= 11 is 0. The summed E-state index contributed by atoms with van der Waals surface area (Å²) < 4.78 is 5.19. The van der Waals surface area contributed by atoms with E-state index in [1.54, 1.807) is 0 Å². The number of hydrogen-bond acceptors (Lipinski definition) is 5. The predicted octanol–water partition coefficient (Wildman–Crippen LogP) is 1.68. The van der Waals surface area contributed by atoms with Crippen molar-refractivity contribution in [3.05, 3.63) is 0 Å². The van der Waals surface area contributed by atoms with Crippen molar-refractivity contribution in [2.75, 3.05) is 65.5 Å². The van der Waals surface area contributed by atoms with Crippen molar-refractivity contribution in [1.82, 2.24) is 14.7 Å². The highest BCUT2D eigenvalue weighted by Crippen LogP contribution is 2.18. The minimum absolute atomic E-state index is 0.00161. The van der Waals surface area contributed by atoms with E-state index in [-0.39, 0.29) is 11.9 Å². The highest BCUT2D eigenvalue weighted by Gasteiger charge is 2.27. The zero-order valence-electron chi connectivity index (χ0n) is 15.1. The molecule has 0 aromatic heterocycles. The second-order valence-electron chi connectivity index (χ2n) is 6.93. The van der Waals surface area contributed by atoms with Gasteiger partial charge in [0, 0.05) is 45.8 Å². The topological polar surface area (TPSA) is 36.0 Å². The second kappa shape index (κ2) is 10.3. The lowest BCUT2D eigenvalue weighted by molar-refractivity contribution is -0.149. The van der Waals surface area contributed by atoms with Crippen LogP contribution in [0.4, 0.5) is 0 Å². The summed E-state index contributed by atoms with van der Waals surface area (Å²) in [5, 5.41) is 0. The van der Waals surface area contributed by atoms with Crippen LogP contribution < -0.4 is 0 Å². The fourth-order valence-electron chi connectivity index (χ4n) is 3.61. The molecule has 2 aliphatic rings. The van der Waals surface area contributed by atoms with Gasteiger partial charge in [0.05, 0.1) is 12.5 Å². The predicted molar refractivity (Wildman–Crippen MR) is 93.6 cm³/mol. The van der Waals surface area contributed by atoms with Gasteiger partial charge in [0.25, 0.3) is 0 Å². The molecular formula is C18H35N3O2. The lowest BCUT2D eigenvalue weighted by atomic mass is 9.98. The van der Waals surface area contributed by atoms with E-state index in [0.29, 0.717) is 6.61 Å². The van der Waals surface area contributed by atoms with Crippen molar-refractivity contribution in [2.24, 2.45) is 5.92 Å². The van der Waals surface area contributed by atoms with Crippen LogP contribution in [-0.4, -0.2) is 86.2 Å². The largest absolute Gasteiger partial charge is 0.466 e. The summed E-state index contributed by atoms with van der Waals surface area (Å²) in [4.78, 5) is 19.5. The molecule has 0 amide bonds. The highest BCUT2D eigenvalue weighted by atomic mass is 16.5. The quantitative estimate of drug-likeness (QED) is 0.635. The van der Waals surface area contributed by atoms with Gasteiger partial charge in [-0.05, 0) is 39.3 Å². The monoisotopic (exact) mass is 325 g/mol. The molecule has 2 saturated heterocycles. The van der Waals surface area contributed by atoms with Crippen molar-refractivity contribution in [1.29, 1.82) is 0 Å². The number of carbonyl (C=O) groups excluding carboxylic acids is 1. The maximum Gasteiger partial charge on any atom is 0.310 e. The van der Waals surface area contributed by atoms with Crippen LogP contribution in [-0.2, 0) is 9.53 Å². The molecule has 0 aromatic rings. The highest BCUT2D eigenvalue weighted by molar-refractivity contribution is 5.72. The van der Waals surface area contributed by atoms with Gasteiger partial charge < -0.3 is 14.5 Å². The Morgan fingerprint density at radius 1 is 0.957 bits per heavy atom. The third kappa shape index (κ3) is 6.40. The van der Waals surface area contributed by atoms with Crippen LogP contribution in [0.5, 0.6) is 0 Å². The maximum atomic E-state index is 11.9. The van der Waals surface area contributed by atoms with E-state index in [2.05, 4.69) is 21.6 Å². The molecule has 2 fully saturated rings. The average molecular weight is 325 g/mol. The van der Waals surface area contributed by atoms with Crippen LogP contribution in [0.1, 0.15) is 39.5 Å². The van der Waals surface area contributed by atoms with Crippen molar-refractivity contribution < 1.29 is 9.53 Å². The molecule has 0 aromatic carbocycles. The van der Waals surface area contributed by atoms with Gasteiger partial charge in [-0.25, -0.2) is 0 Å². The lowest BCUT2D eigenvalue weighted by Crippen LogP contribution is -2.49. The van der Waals surface area contributed by atoms with Gasteiger partial charge in [-0.15, -0.1) is 0 Å². The summed E-state index contributed by atoms with van der Waals surface area (Å²) in [6.07, 6.45) is 4.72. The fraction of sp³-hybridized carbons (Fsp3) is 0.944. The molecule has 0 saturated carbocycles. The number of piperidine rings is 1. The number of esters is 1. The second-order valence-corrected chi connectivity index (χ2v) is 6.93. The van der Waals surface area contributed by atoms with Gasteiger partial charge in [-0.1, -0.05) is 13.3 Å². The molecule has 1 unspecified atom stereocenters. The Balaban J connectivity index is 1.63. The molecule has 2 aliphatic heterocycles. The number of ether oxygens (including phenoxy) is 1. The van der Waals surface area contributed by atoms with Gasteiger partial charge in [0.15, 0.2) is 0 Å². The molecule has 0 aliphatic carbocycles. The van der Waals surface area contributed by atoms with Crippen LogP contribution >= 0.6 is 0 Å². The van der Waals surface area contributed by atoms with Gasteiger partial charge in [-0.3, -0.25) is 9.69 Å². The Labute approximate surface area is 141 Å². The molecule has 134 valence electrons. The van der Waals surface area contributed by atoms with Gasteiger partial charge in [-0.2, -0.15) is 0 Å². The Hall–Kier alpha value is -0.650. The molecule has 23 heavy (non-hydrogen) atoms. The minimum Gasteiger partial charge on any atom is -0.466 e. The molecule has 5 heteroatoms. The summed E-state index contributed by atoms with van der Waals surface area (Å²) in [6, 6.07) is 0. The molecule has 0 bridgehead atoms. The van der Waals surface area contributed by atoms with E-state index in [4.69, 9.17) is 4.74 Å². The summed E-state index contributed by atoms with van der Waals surface area (Å²) in [5.74, 6) is 0.0938. The molecule has 0 radical (unpaired) electrons. The van der Waals surface area contributed by atoms with Crippen LogP contribution in [0, 0.1) is 5.92 Å². The minimum atomic E-state index is 0.00161. The first-order valence-electron chi connectivity index (χ1n) is 9.56.